The minimum absolute atomic E-state index is 0.113. The smallest absolute Gasteiger partial charge is 0.317 e. The maximum absolute atomic E-state index is 13.8. The molecule has 4 N–H and O–H groups in total. The number of ether oxygens (including phenoxy) is 3. The first-order valence-electron chi connectivity index (χ1n) is 12.7. The van der Waals surface area contributed by atoms with Crippen molar-refractivity contribution in [1.29, 1.82) is 5.26 Å². The number of nitriles is 1. The predicted molar refractivity (Wildman–Crippen MR) is 144 cm³/mol. The van der Waals surface area contributed by atoms with E-state index < -0.39 is 35.5 Å². The zero-order chi connectivity index (χ0) is 29.7. The van der Waals surface area contributed by atoms with E-state index >= 15 is 0 Å². The van der Waals surface area contributed by atoms with Crippen LogP contribution in [-0.4, -0.2) is 56.6 Å². The molecule has 5 rings (SSSR count). The quantitative estimate of drug-likeness (QED) is 0.250. The Balaban J connectivity index is 1.51. The average molecular weight is 573 g/mol. The first-order chi connectivity index (χ1) is 20.2. The summed E-state index contributed by atoms with van der Waals surface area (Å²) < 4.78 is 30.3. The lowest BCUT2D eigenvalue weighted by Crippen LogP contribution is -2.56. The number of imidazole rings is 1. The molecule has 214 valence electrons. The van der Waals surface area contributed by atoms with Gasteiger partial charge in [0.05, 0.1) is 42.5 Å². The first-order valence-corrected chi connectivity index (χ1v) is 12.7. The summed E-state index contributed by atoms with van der Waals surface area (Å²) in [5.74, 6) is -4.23. The van der Waals surface area contributed by atoms with Crippen LogP contribution in [0.4, 0.5) is 10.3 Å². The number of nitrogens with one attached hydrogen (secondary N) is 2. The minimum Gasteiger partial charge on any atom is -0.450 e. The number of nitrogens with two attached hydrogens (primary N) is 1. The number of carbonyl (C=O) groups excluding carboxylic acids is 2. The van der Waals surface area contributed by atoms with Crippen molar-refractivity contribution in [3.05, 3.63) is 78.3 Å². The van der Waals surface area contributed by atoms with Gasteiger partial charge in [-0.3, -0.25) is 14.6 Å². The Labute approximate surface area is 238 Å². The topological polar surface area (TPSA) is 191 Å². The van der Waals surface area contributed by atoms with E-state index in [0.29, 0.717) is 35.1 Å². The Bertz CT molecular complexity index is 1630. The van der Waals surface area contributed by atoms with Gasteiger partial charge in [0, 0.05) is 18.0 Å². The molecule has 4 aromatic rings. The summed E-state index contributed by atoms with van der Waals surface area (Å²) in [6.07, 6.45) is 3.21. The highest BCUT2D eigenvalue weighted by molar-refractivity contribution is 5.85. The van der Waals surface area contributed by atoms with Gasteiger partial charge in [0.1, 0.15) is 17.3 Å². The molecule has 0 aliphatic carbocycles. The number of benzene rings is 1. The third kappa shape index (κ3) is 5.64. The highest BCUT2D eigenvalue weighted by atomic mass is 19.1. The molecule has 0 saturated carbocycles. The molecule has 4 heterocycles. The number of halogens is 1. The number of H-pyrrole nitrogens is 1. The molecule has 1 aliphatic rings. The largest absolute Gasteiger partial charge is 0.450 e. The van der Waals surface area contributed by atoms with Gasteiger partial charge in [0.25, 0.3) is 5.91 Å². The second-order valence-corrected chi connectivity index (χ2v) is 9.61. The second-order valence-electron chi connectivity index (χ2n) is 9.61. The van der Waals surface area contributed by atoms with Gasteiger partial charge in [-0.05, 0) is 49.4 Å². The summed E-state index contributed by atoms with van der Waals surface area (Å²) in [6.45, 7) is 0.783. The molecule has 0 unspecified atom stereocenters. The molecule has 1 fully saturated rings. The molecular weight excluding hydrogens is 547 g/mol. The Morgan fingerprint density at radius 3 is 2.55 bits per heavy atom. The number of primary amides is 1. The van der Waals surface area contributed by atoms with Crippen molar-refractivity contribution < 1.29 is 28.2 Å². The van der Waals surface area contributed by atoms with E-state index in [-0.39, 0.29) is 19.0 Å². The van der Waals surface area contributed by atoms with Gasteiger partial charge in [0.2, 0.25) is 5.95 Å². The molecule has 0 radical (unpaired) electrons. The summed E-state index contributed by atoms with van der Waals surface area (Å²) in [7, 11) is 0. The van der Waals surface area contributed by atoms with Crippen LogP contribution in [0.5, 0.6) is 0 Å². The van der Waals surface area contributed by atoms with Crippen molar-refractivity contribution in [2.24, 2.45) is 11.1 Å². The van der Waals surface area contributed by atoms with Crippen LogP contribution in [0.15, 0.2) is 60.9 Å². The highest BCUT2D eigenvalue weighted by Gasteiger charge is 2.54. The maximum atomic E-state index is 13.8. The van der Waals surface area contributed by atoms with Gasteiger partial charge in [-0.2, -0.15) is 5.26 Å². The number of rotatable bonds is 9. The SMILES string of the molecule is CC1(C(=O)OCC#N)COC(C(N)=O)(c2nc(-c3ccc(F)cc3)c(-c3ccnc(NCc4ccccn4)n3)[nH]2)OC1. The lowest BCUT2D eigenvalue weighted by Gasteiger charge is -2.40. The number of hydrogen-bond acceptors (Lipinski definition) is 11. The number of pyridine rings is 1. The van der Waals surface area contributed by atoms with Gasteiger partial charge in [0.15, 0.2) is 12.4 Å². The third-order valence-electron chi connectivity index (χ3n) is 6.47. The number of hydrogen-bond donors (Lipinski definition) is 3. The molecule has 1 amide bonds. The van der Waals surface area contributed by atoms with Crippen LogP contribution in [0, 0.1) is 22.6 Å². The van der Waals surface area contributed by atoms with Crippen LogP contribution >= 0.6 is 0 Å². The minimum atomic E-state index is -2.20. The maximum Gasteiger partial charge on any atom is 0.317 e. The molecule has 1 saturated heterocycles. The van der Waals surface area contributed by atoms with Gasteiger partial charge in [-0.15, -0.1) is 0 Å². The fraction of sp³-hybridized carbons (Fsp3) is 0.250. The molecule has 14 heteroatoms. The Morgan fingerprint density at radius 1 is 1.12 bits per heavy atom. The summed E-state index contributed by atoms with van der Waals surface area (Å²) >= 11 is 0. The number of esters is 1. The number of anilines is 1. The lowest BCUT2D eigenvalue weighted by molar-refractivity contribution is -0.293. The monoisotopic (exact) mass is 572 g/mol. The number of amides is 1. The van der Waals surface area contributed by atoms with Crippen molar-refractivity contribution >= 4 is 17.8 Å². The van der Waals surface area contributed by atoms with Crippen molar-refractivity contribution in [3.8, 4) is 28.7 Å². The second kappa shape index (κ2) is 11.7. The standard InChI is InChI=1S/C28H25FN8O5/c1-27(25(39)40-13-10-30)15-41-28(23(31)38,42-16-27)24-36-21(17-5-7-18(29)8-6-17)22(37-24)20-9-12-33-26(35-20)34-14-19-4-2-3-11-32-19/h2-9,11-12H,13-16H2,1H3,(H2,31,38)(H,36,37)(H,33,34,35). The van der Waals surface area contributed by atoms with Gasteiger partial charge < -0.3 is 30.2 Å². The van der Waals surface area contributed by atoms with E-state index in [9.17, 15) is 14.0 Å². The van der Waals surface area contributed by atoms with Gasteiger partial charge >= 0.3 is 11.8 Å². The Hall–Kier alpha value is -5.26. The number of carbonyl (C=O) groups is 2. The predicted octanol–water partition coefficient (Wildman–Crippen LogP) is 2.44. The van der Waals surface area contributed by atoms with E-state index in [1.54, 1.807) is 18.3 Å². The Kier molecular flexibility index (Phi) is 7.87. The summed E-state index contributed by atoms with van der Waals surface area (Å²) in [5, 5.41) is 11.8. The molecule has 1 aliphatic heterocycles. The fourth-order valence-corrected chi connectivity index (χ4v) is 4.18. The third-order valence-corrected chi connectivity index (χ3v) is 6.47. The van der Waals surface area contributed by atoms with Crippen molar-refractivity contribution in [3.63, 3.8) is 0 Å². The van der Waals surface area contributed by atoms with Crippen LogP contribution in [0.2, 0.25) is 0 Å². The molecule has 42 heavy (non-hydrogen) atoms. The lowest BCUT2D eigenvalue weighted by atomic mass is 9.91. The summed E-state index contributed by atoms with van der Waals surface area (Å²) in [4.78, 5) is 46.1. The zero-order valence-electron chi connectivity index (χ0n) is 22.3. The van der Waals surface area contributed by atoms with Crippen molar-refractivity contribution in [1.82, 2.24) is 24.9 Å². The van der Waals surface area contributed by atoms with Crippen LogP contribution in [0.25, 0.3) is 22.6 Å². The van der Waals surface area contributed by atoms with E-state index in [1.165, 1.54) is 37.4 Å². The molecular formula is C28H25FN8O5. The van der Waals surface area contributed by atoms with Crippen LogP contribution in [-0.2, 0) is 36.1 Å². The van der Waals surface area contributed by atoms with Crippen molar-refractivity contribution in [2.75, 3.05) is 25.1 Å². The normalized spacial score (nSPS) is 19.9. The molecule has 1 aromatic carbocycles. The number of nitrogens with zero attached hydrogens (tertiary/aromatic N) is 5. The number of aromatic nitrogens is 5. The van der Waals surface area contributed by atoms with Gasteiger partial charge in [-0.25, -0.2) is 19.3 Å². The molecule has 0 bridgehead atoms. The van der Waals surface area contributed by atoms with Crippen LogP contribution in [0.1, 0.15) is 18.4 Å². The van der Waals surface area contributed by atoms with Gasteiger partial charge in [-0.1, -0.05) is 6.07 Å². The van der Waals surface area contributed by atoms with Crippen LogP contribution in [0.3, 0.4) is 0 Å². The first kappa shape index (κ1) is 28.3. The number of aromatic amines is 1. The van der Waals surface area contributed by atoms with E-state index in [4.69, 9.17) is 25.2 Å². The molecule has 13 nitrogen and oxygen atoms in total. The Morgan fingerprint density at radius 2 is 1.88 bits per heavy atom. The van der Waals surface area contributed by atoms with E-state index in [0.717, 1.165) is 5.69 Å². The fourth-order valence-electron chi connectivity index (χ4n) is 4.18. The molecule has 0 spiro atoms. The van der Waals surface area contributed by atoms with E-state index in [1.807, 2.05) is 18.2 Å². The van der Waals surface area contributed by atoms with Crippen LogP contribution < -0.4 is 11.1 Å². The summed E-state index contributed by atoms with van der Waals surface area (Å²) in [5.41, 5.74) is 6.74. The van der Waals surface area contributed by atoms with E-state index in [2.05, 4.69) is 30.2 Å². The molecule has 3 aromatic heterocycles. The average Bonchev–Trinajstić information content (AvgIpc) is 3.46. The zero-order valence-corrected chi connectivity index (χ0v) is 22.3. The highest BCUT2D eigenvalue weighted by Crippen LogP contribution is 2.39. The molecule has 0 atom stereocenters. The summed E-state index contributed by atoms with van der Waals surface area (Å²) in [6, 6.07) is 14.4. The van der Waals surface area contributed by atoms with Crippen molar-refractivity contribution in [2.45, 2.75) is 19.3 Å².